The Balaban J connectivity index is 1.48. The number of aromatic nitrogens is 1. The zero-order chi connectivity index (χ0) is 18.3. The first-order valence-corrected chi connectivity index (χ1v) is 9.05. The largest absolute Gasteiger partial charge is 0.361 e. The first-order valence-electron chi connectivity index (χ1n) is 9.05. The van der Waals surface area contributed by atoms with E-state index in [2.05, 4.69) is 5.16 Å². The Bertz CT molecular complexity index is 822. The van der Waals surface area contributed by atoms with E-state index in [9.17, 15) is 9.59 Å². The van der Waals surface area contributed by atoms with Gasteiger partial charge in [0.2, 0.25) is 5.91 Å². The monoisotopic (exact) mass is 353 g/mol. The van der Waals surface area contributed by atoms with Crippen LogP contribution in [0.25, 0.3) is 0 Å². The van der Waals surface area contributed by atoms with Crippen LogP contribution in [0, 0.1) is 6.92 Å². The second-order valence-electron chi connectivity index (χ2n) is 7.40. The summed E-state index contributed by atoms with van der Waals surface area (Å²) >= 11 is 0. The van der Waals surface area contributed by atoms with Gasteiger partial charge in [-0.15, -0.1) is 0 Å². The van der Waals surface area contributed by atoms with Crippen LogP contribution >= 0.6 is 0 Å². The Morgan fingerprint density at radius 2 is 1.92 bits per heavy atom. The molecule has 2 aliphatic rings. The van der Waals surface area contributed by atoms with E-state index in [1.165, 1.54) is 0 Å². The van der Waals surface area contributed by atoms with Crippen molar-refractivity contribution in [1.82, 2.24) is 15.0 Å². The van der Waals surface area contributed by atoms with E-state index < -0.39 is 0 Å². The molecule has 1 atom stereocenters. The molecular weight excluding hydrogens is 330 g/mol. The van der Waals surface area contributed by atoms with Crippen LogP contribution in [-0.2, 0) is 4.79 Å². The molecule has 6 nitrogen and oxygen atoms in total. The van der Waals surface area contributed by atoms with Crippen LogP contribution in [0.1, 0.15) is 47.0 Å². The van der Waals surface area contributed by atoms with Gasteiger partial charge in [-0.05, 0) is 31.7 Å². The SMILES string of the molecule is Cc1cc(C(=O)N2CCC3(CC2)C[C@@H](c2ccccc2)C(=O)N3C)no1. The maximum Gasteiger partial charge on any atom is 0.276 e. The number of aryl methyl sites for hydroxylation is 1. The molecule has 2 aliphatic heterocycles. The van der Waals surface area contributed by atoms with Gasteiger partial charge in [0.05, 0.1) is 5.92 Å². The summed E-state index contributed by atoms with van der Waals surface area (Å²) in [6, 6.07) is 11.7. The quantitative estimate of drug-likeness (QED) is 0.832. The predicted octanol–water partition coefficient (Wildman–Crippen LogP) is 2.60. The molecule has 3 heterocycles. The van der Waals surface area contributed by atoms with Crippen LogP contribution in [-0.4, -0.2) is 52.4 Å². The number of carbonyl (C=O) groups is 2. The summed E-state index contributed by atoms with van der Waals surface area (Å²) in [6.07, 6.45) is 2.40. The Morgan fingerprint density at radius 3 is 2.54 bits per heavy atom. The average molecular weight is 353 g/mol. The van der Waals surface area contributed by atoms with Gasteiger partial charge in [-0.25, -0.2) is 0 Å². The van der Waals surface area contributed by atoms with Gasteiger partial charge in [0.25, 0.3) is 5.91 Å². The number of benzene rings is 1. The summed E-state index contributed by atoms with van der Waals surface area (Å²) < 4.78 is 5.01. The molecule has 136 valence electrons. The number of amides is 2. The Kier molecular flexibility index (Phi) is 4.05. The van der Waals surface area contributed by atoms with E-state index in [4.69, 9.17) is 4.52 Å². The highest BCUT2D eigenvalue weighted by atomic mass is 16.5. The van der Waals surface area contributed by atoms with Crippen LogP contribution in [0.5, 0.6) is 0 Å². The van der Waals surface area contributed by atoms with Crippen LogP contribution in [0.4, 0.5) is 0 Å². The molecule has 6 heteroatoms. The Hall–Kier alpha value is -2.63. The molecule has 26 heavy (non-hydrogen) atoms. The molecule has 0 saturated carbocycles. The Morgan fingerprint density at radius 1 is 1.23 bits per heavy atom. The van der Waals surface area contributed by atoms with Crippen molar-refractivity contribution in [1.29, 1.82) is 0 Å². The van der Waals surface area contributed by atoms with Crippen LogP contribution < -0.4 is 0 Å². The molecule has 0 bridgehead atoms. The first kappa shape index (κ1) is 16.8. The molecule has 1 aromatic heterocycles. The third kappa shape index (κ3) is 2.69. The summed E-state index contributed by atoms with van der Waals surface area (Å²) in [7, 11) is 1.91. The summed E-state index contributed by atoms with van der Waals surface area (Å²) in [5.41, 5.74) is 1.28. The lowest BCUT2D eigenvalue weighted by atomic mass is 9.81. The third-order valence-corrected chi connectivity index (χ3v) is 5.95. The normalized spacial score (nSPS) is 22.2. The summed E-state index contributed by atoms with van der Waals surface area (Å²) in [4.78, 5) is 29.2. The lowest BCUT2D eigenvalue weighted by molar-refractivity contribution is -0.131. The van der Waals surface area contributed by atoms with Crippen LogP contribution in [0.2, 0.25) is 0 Å². The lowest BCUT2D eigenvalue weighted by Gasteiger charge is -2.43. The molecule has 2 fully saturated rings. The number of carbonyl (C=O) groups excluding carboxylic acids is 2. The van der Waals surface area contributed by atoms with E-state index in [0.29, 0.717) is 24.5 Å². The van der Waals surface area contributed by atoms with Gasteiger partial charge < -0.3 is 14.3 Å². The van der Waals surface area contributed by atoms with Crippen molar-refractivity contribution >= 4 is 11.8 Å². The minimum Gasteiger partial charge on any atom is -0.361 e. The molecule has 0 unspecified atom stereocenters. The zero-order valence-electron chi connectivity index (χ0n) is 15.1. The molecule has 0 N–H and O–H groups in total. The second-order valence-corrected chi connectivity index (χ2v) is 7.40. The number of nitrogens with zero attached hydrogens (tertiary/aromatic N) is 3. The number of likely N-dealkylation sites (tertiary alicyclic amines) is 2. The Labute approximate surface area is 152 Å². The molecule has 1 spiro atoms. The van der Waals surface area contributed by atoms with Crippen molar-refractivity contribution in [3.05, 3.63) is 53.4 Å². The number of likely N-dealkylation sites (N-methyl/N-ethyl adjacent to an activating group) is 1. The summed E-state index contributed by atoms with van der Waals surface area (Å²) in [5.74, 6) is 0.640. The van der Waals surface area contributed by atoms with E-state index in [0.717, 1.165) is 24.8 Å². The number of rotatable bonds is 2. The van der Waals surface area contributed by atoms with E-state index >= 15 is 0 Å². The maximum absolute atomic E-state index is 12.8. The van der Waals surface area contributed by atoms with Crippen molar-refractivity contribution in [2.24, 2.45) is 0 Å². The highest BCUT2D eigenvalue weighted by Gasteiger charge is 2.50. The maximum atomic E-state index is 12.8. The van der Waals surface area contributed by atoms with Crippen molar-refractivity contribution in [2.45, 2.75) is 37.6 Å². The van der Waals surface area contributed by atoms with Crippen molar-refractivity contribution in [3.8, 4) is 0 Å². The van der Waals surface area contributed by atoms with Crippen molar-refractivity contribution in [3.63, 3.8) is 0 Å². The van der Waals surface area contributed by atoms with Gasteiger partial charge in [-0.1, -0.05) is 35.5 Å². The lowest BCUT2D eigenvalue weighted by Crippen LogP contribution is -2.52. The molecule has 1 aromatic carbocycles. The molecule has 0 aliphatic carbocycles. The fourth-order valence-corrected chi connectivity index (χ4v) is 4.31. The number of hydrogen-bond donors (Lipinski definition) is 0. The second kappa shape index (κ2) is 6.27. The van der Waals surface area contributed by atoms with Gasteiger partial charge in [0, 0.05) is 31.7 Å². The smallest absolute Gasteiger partial charge is 0.276 e. The molecular formula is C20H23N3O3. The van der Waals surface area contributed by atoms with Crippen LogP contribution in [0.3, 0.4) is 0 Å². The van der Waals surface area contributed by atoms with Gasteiger partial charge in [0.15, 0.2) is 5.69 Å². The third-order valence-electron chi connectivity index (χ3n) is 5.95. The zero-order valence-corrected chi connectivity index (χ0v) is 15.1. The van der Waals surface area contributed by atoms with Crippen molar-refractivity contribution in [2.75, 3.05) is 20.1 Å². The minimum absolute atomic E-state index is 0.0818. The molecule has 0 radical (unpaired) electrons. The fraction of sp³-hybridized carbons (Fsp3) is 0.450. The summed E-state index contributed by atoms with van der Waals surface area (Å²) in [5, 5.41) is 3.83. The summed E-state index contributed by atoms with van der Waals surface area (Å²) in [6.45, 7) is 3.03. The first-order chi connectivity index (χ1) is 12.5. The topological polar surface area (TPSA) is 66.7 Å². The predicted molar refractivity (Wildman–Crippen MR) is 95.7 cm³/mol. The van der Waals surface area contributed by atoms with E-state index in [1.807, 2.05) is 47.2 Å². The van der Waals surface area contributed by atoms with Crippen molar-refractivity contribution < 1.29 is 14.1 Å². The fourth-order valence-electron chi connectivity index (χ4n) is 4.31. The van der Waals surface area contributed by atoms with Gasteiger partial charge >= 0.3 is 0 Å². The van der Waals surface area contributed by atoms with Gasteiger partial charge in [-0.3, -0.25) is 9.59 Å². The average Bonchev–Trinajstić information content (AvgIpc) is 3.20. The number of piperidine rings is 1. The van der Waals surface area contributed by atoms with Crippen LogP contribution in [0.15, 0.2) is 40.9 Å². The highest BCUT2D eigenvalue weighted by molar-refractivity contribution is 5.92. The molecule has 2 amide bonds. The molecule has 2 saturated heterocycles. The molecule has 4 rings (SSSR count). The number of hydrogen-bond acceptors (Lipinski definition) is 4. The molecule has 2 aromatic rings. The highest BCUT2D eigenvalue weighted by Crippen LogP contribution is 2.44. The van der Waals surface area contributed by atoms with Gasteiger partial charge in [0.1, 0.15) is 5.76 Å². The van der Waals surface area contributed by atoms with Gasteiger partial charge in [-0.2, -0.15) is 0 Å². The minimum atomic E-state index is -0.159. The van der Waals surface area contributed by atoms with E-state index in [-0.39, 0.29) is 23.3 Å². The van der Waals surface area contributed by atoms with E-state index in [1.54, 1.807) is 13.0 Å². The standard InChI is InChI=1S/C20H23N3O3/c1-14-12-17(21-26-14)19(25)23-10-8-20(9-11-23)13-16(18(24)22(20)2)15-6-4-3-5-7-15/h3-7,12,16H,8-11,13H2,1-2H3/t16-/m0/s1.